The summed E-state index contributed by atoms with van der Waals surface area (Å²) in [4.78, 5) is 24.5. The molecule has 2 N–H and O–H groups in total. The molecule has 1 amide bonds. The van der Waals surface area contributed by atoms with E-state index in [4.69, 9.17) is 5.41 Å². The molecule has 1 atom stereocenters. The minimum absolute atomic E-state index is 0.0682. The molecule has 0 radical (unpaired) electrons. The molecule has 4 heterocycles. The molecule has 0 spiro atoms. The van der Waals surface area contributed by atoms with Crippen molar-refractivity contribution < 1.29 is 4.79 Å². The summed E-state index contributed by atoms with van der Waals surface area (Å²) in [6.07, 6.45) is 7.59. The van der Waals surface area contributed by atoms with Crippen LogP contribution in [0.25, 0.3) is 21.6 Å². The number of carbonyl (C=O) groups excluding carboxylic acids is 1. The molecule has 28 heavy (non-hydrogen) atoms. The molecule has 1 fully saturated rings. The van der Waals surface area contributed by atoms with Gasteiger partial charge in [0.15, 0.2) is 5.96 Å². The van der Waals surface area contributed by atoms with Crippen molar-refractivity contribution in [3.63, 3.8) is 0 Å². The van der Waals surface area contributed by atoms with Gasteiger partial charge in [0.25, 0.3) is 0 Å². The summed E-state index contributed by atoms with van der Waals surface area (Å²) >= 11 is 1.63. The monoisotopic (exact) mass is 391 g/mol. The fourth-order valence-electron chi connectivity index (χ4n) is 3.38. The standard InChI is InChI=1S/C21H21N5OS/c1-13-7-15(12-24-10-13)19-16(14-5-4-6-23-11-14)8-17(28-19)21(2)9-18(27)26(3)20(22)25-21/h4-8,10-12H,9H2,1-3H3,(H2,22,25)/t21-/m0/s1. The topological polar surface area (TPSA) is 82.0 Å². The molecule has 7 heteroatoms. The molecule has 0 bridgehead atoms. The smallest absolute Gasteiger partial charge is 0.231 e. The lowest BCUT2D eigenvalue weighted by molar-refractivity contribution is -0.129. The number of pyridine rings is 2. The summed E-state index contributed by atoms with van der Waals surface area (Å²) in [5.41, 5.74) is 3.57. The molecule has 4 rings (SSSR count). The zero-order valence-corrected chi connectivity index (χ0v) is 16.8. The average molecular weight is 392 g/mol. The van der Waals surface area contributed by atoms with Gasteiger partial charge in [-0.2, -0.15) is 0 Å². The summed E-state index contributed by atoms with van der Waals surface area (Å²) in [6.45, 7) is 4.00. The number of hydrogen-bond donors (Lipinski definition) is 2. The molecule has 3 aromatic rings. The maximum absolute atomic E-state index is 12.4. The third-order valence-electron chi connectivity index (χ3n) is 4.99. The third kappa shape index (κ3) is 3.18. The second-order valence-electron chi connectivity index (χ2n) is 7.28. The molecule has 142 valence electrons. The Balaban J connectivity index is 1.86. The van der Waals surface area contributed by atoms with Crippen molar-refractivity contribution in [1.82, 2.24) is 20.2 Å². The van der Waals surface area contributed by atoms with Gasteiger partial charge in [0.05, 0.1) is 12.0 Å². The minimum atomic E-state index is -0.627. The zero-order valence-electron chi connectivity index (χ0n) is 16.0. The largest absolute Gasteiger partial charge is 0.345 e. The SMILES string of the molecule is Cc1cncc(-c2sc([C@]3(C)CC(=O)N(C)C(=N)N3)cc2-c2cccnc2)c1. The molecule has 1 aliphatic heterocycles. The first-order valence-corrected chi connectivity index (χ1v) is 9.79. The fourth-order valence-corrected chi connectivity index (χ4v) is 4.64. The first-order valence-electron chi connectivity index (χ1n) is 8.97. The van der Waals surface area contributed by atoms with E-state index in [2.05, 4.69) is 27.4 Å². The highest BCUT2D eigenvalue weighted by atomic mass is 32.1. The van der Waals surface area contributed by atoms with Gasteiger partial charge in [-0.3, -0.25) is 25.1 Å². The van der Waals surface area contributed by atoms with Gasteiger partial charge in [-0.05, 0) is 37.6 Å². The third-order valence-corrected chi connectivity index (χ3v) is 6.44. The summed E-state index contributed by atoms with van der Waals surface area (Å²) < 4.78 is 0. The number of guanidine groups is 1. The molecule has 1 aliphatic rings. The van der Waals surface area contributed by atoms with Gasteiger partial charge in [0, 0.05) is 58.3 Å². The number of carbonyl (C=O) groups is 1. The van der Waals surface area contributed by atoms with Gasteiger partial charge >= 0.3 is 0 Å². The van der Waals surface area contributed by atoms with E-state index in [9.17, 15) is 4.79 Å². The van der Waals surface area contributed by atoms with Gasteiger partial charge in [0.1, 0.15) is 0 Å². The zero-order chi connectivity index (χ0) is 19.9. The van der Waals surface area contributed by atoms with E-state index in [1.54, 1.807) is 24.6 Å². The average Bonchev–Trinajstić information content (AvgIpc) is 3.13. The van der Waals surface area contributed by atoms with Crippen LogP contribution in [0.1, 0.15) is 23.8 Å². The number of aryl methyl sites for hydroxylation is 1. The summed E-state index contributed by atoms with van der Waals surface area (Å²) in [5.74, 6) is 0.0511. The van der Waals surface area contributed by atoms with Crippen molar-refractivity contribution >= 4 is 23.2 Å². The van der Waals surface area contributed by atoms with Gasteiger partial charge in [-0.25, -0.2) is 0 Å². The van der Waals surface area contributed by atoms with Crippen LogP contribution in [0.4, 0.5) is 0 Å². The number of rotatable bonds is 3. The summed E-state index contributed by atoms with van der Waals surface area (Å²) in [5, 5.41) is 11.3. The van der Waals surface area contributed by atoms with Crippen LogP contribution >= 0.6 is 11.3 Å². The number of thiophene rings is 1. The molecular formula is C21H21N5OS. The molecule has 0 saturated carbocycles. The van der Waals surface area contributed by atoms with Gasteiger partial charge < -0.3 is 5.32 Å². The number of nitrogens with zero attached hydrogens (tertiary/aromatic N) is 3. The first kappa shape index (κ1) is 18.3. The lowest BCUT2D eigenvalue weighted by Gasteiger charge is -2.38. The lowest BCUT2D eigenvalue weighted by Crippen LogP contribution is -2.57. The second kappa shape index (κ2) is 6.83. The number of aromatic nitrogens is 2. The maximum atomic E-state index is 12.4. The Bertz CT molecular complexity index is 1040. The Morgan fingerprint density at radius 3 is 2.68 bits per heavy atom. The van der Waals surface area contributed by atoms with Crippen LogP contribution < -0.4 is 5.32 Å². The minimum Gasteiger partial charge on any atom is -0.345 e. The maximum Gasteiger partial charge on any atom is 0.231 e. The van der Waals surface area contributed by atoms with Crippen molar-refractivity contribution in [3.8, 4) is 21.6 Å². The first-order chi connectivity index (χ1) is 13.4. The molecule has 0 aromatic carbocycles. The van der Waals surface area contributed by atoms with Gasteiger partial charge in [-0.1, -0.05) is 6.07 Å². The molecule has 3 aromatic heterocycles. The van der Waals surface area contributed by atoms with Crippen LogP contribution in [0.5, 0.6) is 0 Å². The van der Waals surface area contributed by atoms with Crippen LogP contribution in [-0.2, 0) is 10.3 Å². The van der Waals surface area contributed by atoms with Gasteiger partial charge in [-0.15, -0.1) is 11.3 Å². The normalized spacial score (nSPS) is 19.6. The Hall–Kier alpha value is -3.06. The van der Waals surface area contributed by atoms with Crippen molar-refractivity contribution in [2.24, 2.45) is 0 Å². The predicted octanol–water partition coefficient (Wildman–Crippen LogP) is 3.78. The Labute approximate surface area is 167 Å². The number of hydrogen-bond acceptors (Lipinski definition) is 5. The van der Waals surface area contributed by atoms with E-state index in [0.717, 1.165) is 32.0 Å². The summed E-state index contributed by atoms with van der Waals surface area (Å²) in [6, 6.07) is 8.17. The van der Waals surface area contributed by atoms with Crippen LogP contribution in [0.2, 0.25) is 0 Å². The summed E-state index contributed by atoms with van der Waals surface area (Å²) in [7, 11) is 1.62. The molecule has 0 aliphatic carbocycles. The molecule has 6 nitrogen and oxygen atoms in total. The highest BCUT2D eigenvalue weighted by molar-refractivity contribution is 7.16. The fraction of sp³-hybridized carbons (Fsp3) is 0.238. The number of amides is 1. The van der Waals surface area contributed by atoms with Crippen molar-refractivity contribution in [3.05, 3.63) is 59.5 Å². The van der Waals surface area contributed by atoms with Crippen LogP contribution in [0.3, 0.4) is 0 Å². The van der Waals surface area contributed by atoms with E-state index < -0.39 is 5.54 Å². The van der Waals surface area contributed by atoms with Crippen LogP contribution in [-0.4, -0.2) is 33.8 Å². The van der Waals surface area contributed by atoms with E-state index >= 15 is 0 Å². The van der Waals surface area contributed by atoms with E-state index in [1.807, 2.05) is 44.6 Å². The van der Waals surface area contributed by atoms with E-state index in [0.29, 0.717) is 6.42 Å². The van der Waals surface area contributed by atoms with E-state index in [1.165, 1.54) is 4.90 Å². The quantitative estimate of drug-likeness (QED) is 0.712. The van der Waals surface area contributed by atoms with Crippen molar-refractivity contribution in [2.75, 3.05) is 7.05 Å². The highest BCUT2D eigenvalue weighted by Gasteiger charge is 2.39. The lowest BCUT2D eigenvalue weighted by atomic mass is 9.91. The molecular weight excluding hydrogens is 370 g/mol. The molecule has 1 saturated heterocycles. The highest BCUT2D eigenvalue weighted by Crippen LogP contribution is 2.44. The van der Waals surface area contributed by atoms with Crippen LogP contribution in [0.15, 0.2) is 49.1 Å². The Morgan fingerprint density at radius 1 is 1.21 bits per heavy atom. The van der Waals surface area contributed by atoms with Crippen molar-refractivity contribution in [2.45, 2.75) is 25.8 Å². The predicted molar refractivity (Wildman–Crippen MR) is 111 cm³/mol. The number of nitrogens with one attached hydrogen (secondary N) is 2. The molecule has 0 unspecified atom stereocenters. The van der Waals surface area contributed by atoms with Crippen LogP contribution in [0, 0.1) is 12.3 Å². The van der Waals surface area contributed by atoms with E-state index in [-0.39, 0.29) is 11.9 Å². The Morgan fingerprint density at radius 2 is 2.00 bits per heavy atom. The van der Waals surface area contributed by atoms with Crippen molar-refractivity contribution in [1.29, 1.82) is 5.41 Å². The Kier molecular flexibility index (Phi) is 4.47. The van der Waals surface area contributed by atoms with Gasteiger partial charge in [0.2, 0.25) is 5.91 Å². The second-order valence-corrected chi connectivity index (χ2v) is 8.33.